The molecule has 1 aromatic carbocycles. The fourth-order valence-corrected chi connectivity index (χ4v) is 2.18. The highest BCUT2D eigenvalue weighted by atomic mass is 35.5. The molecule has 0 spiro atoms. The molecule has 18 heavy (non-hydrogen) atoms. The Hall–Kier alpha value is -1.52. The molecule has 5 heteroatoms. The molecule has 3 N–H and O–H groups in total. The van der Waals surface area contributed by atoms with E-state index in [0.29, 0.717) is 11.6 Å². The number of nitrogens with zero attached hydrogens (tertiary/aromatic N) is 2. The zero-order chi connectivity index (χ0) is 13.1. The fourth-order valence-electron chi connectivity index (χ4n) is 1.99. The monoisotopic (exact) mass is 264 g/mol. The van der Waals surface area contributed by atoms with E-state index < -0.39 is 0 Å². The number of hydrogen-bond acceptors (Lipinski definition) is 3. The highest BCUT2D eigenvalue weighted by molar-refractivity contribution is 6.33. The van der Waals surface area contributed by atoms with Gasteiger partial charge in [-0.05, 0) is 19.1 Å². The predicted molar refractivity (Wildman–Crippen MR) is 74.8 cm³/mol. The Labute approximate surface area is 112 Å². The summed E-state index contributed by atoms with van der Waals surface area (Å²) >= 11 is 6.13. The summed E-state index contributed by atoms with van der Waals surface area (Å²) in [7, 11) is 1.90. The van der Waals surface area contributed by atoms with Crippen molar-refractivity contribution in [3.8, 4) is 0 Å². The third-order valence-corrected chi connectivity index (χ3v) is 3.20. The number of nitrogens with one attached hydrogen (secondary N) is 1. The lowest BCUT2D eigenvalue weighted by Crippen LogP contribution is -2.21. The first kappa shape index (κ1) is 12.9. The quantitative estimate of drug-likeness (QED) is 0.892. The van der Waals surface area contributed by atoms with Crippen LogP contribution in [0.5, 0.6) is 0 Å². The molecule has 1 unspecified atom stereocenters. The van der Waals surface area contributed by atoms with Gasteiger partial charge in [0.05, 0.1) is 22.4 Å². The average molecular weight is 265 g/mol. The van der Waals surface area contributed by atoms with Gasteiger partial charge in [-0.2, -0.15) is 5.10 Å². The molecule has 0 aliphatic heterocycles. The molecule has 1 heterocycles. The molecule has 4 nitrogen and oxygen atoms in total. The molecule has 0 saturated heterocycles. The van der Waals surface area contributed by atoms with Crippen LogP contribution in [-0.2, 0) is 7.05 Å². The third-order valence-electron chi connectivity index (χ3n) is 2.87. The van der Waals surface area contributed by atoms with Gasteiger partial charge >= 0.3 is 0 Å². The highest BCUT2D eigenvalue weighted by Gasteiger charge is 2.15. The molecule has 96 valence electrons. The Bertz CT molecular complexity index is 536. The van der Waals surface area contributed by atoms with Crippen molar-refractivity contribution < 1.29 is 0 Å². The molecular weight excluding hydrogens is 248 g/mol. The van der Waals surface area contributed by atoms with Crippen molar-refractivity contribution in [2.75, 3.05) is 11.9 Å². The van der Waals surface area contributed by atoms with E-state index in [1.807, 2.05) is 44.4 Å². The molecule has 0 amide bonds. The maximum atomic E-state index is 6.13. The first-order chi connectivity index (χ1) is 8.61. The van der Waals surface area contributed by atoms with E-state index in [2.05, 4.69) is 10.4 Å². The summed E-state index contributed by atoms with van der Waals surface area (Å²) in [5.74, 6) is 0. The second-order valence-electron chi connectivity index (χ2n) is 4.26. The number of benzene rings is 1. The Balaban J connectivity index is 2.25. The number of rotatable bonds is 4. The van der Waals surface area contributed by atoms with Crippen LogP contribution in [0.15, 0.2) is 30.5 Å². The standard InChI is InChI=1S/C13H17ClN4/c1-9-10(8-18(2)17-9)13(7-15)16-12-6-4-3-5-11(12)14/h3-6,8,13,16H,7,15H2,1-2H3. The van der Waals surface area contributed by atoms with Gasteiger partial charge in [0.2, 0.25) is 0 Å². The van der Waals surface area contributed by atoms with Gasteiger partial charge in [-0.1, -0.05) is 23.7 Å². The molecule has 2 rings (SSSR count). The average Bonchev–Trinajstić information content (AvgIpc) is 2.67. The van der Waals surface area contributed by atoms with E-state index in [9.17, 15) is 0 Å². The molecule has 1 atom stereocenters. The predicted octanol–water partition coefficient (Wildman–Crippen LogP) is 2.49. The number of nitrogens with two attached hydrogens (primary N) is 1. The topological polar surface area (TPSA) is 55.9 Å². The maximum absolute atomic E-state index is 6.13. The van der Waals surface area contributed by atoms with E-state index in [4.69, 9.17) is 17.3 Å². The van der Waals surface area contributed by atoms with Crippen LogP contribution >= 0.6 is 11.6 Å². The molecule has 0 bridgehead atoms. The summed E-state index contributed by atoms with van der Waals surface area (Å²) in [6, 6.07) is 7.65. The summed E-state index contributed by atoms with van der Waals surface area (Å²) in [6.45, 7) is 2.46. The van der Waals surface area contributed by atoms with Gasteiger partial charge in [0, 0.05) is 25.4 Å². The minimum atomic E-state index is 0.0126. The van der Waals surface area contributed by atoms with E-state index in [1.54, 1.807) is 4.68 Å². The van der Waals surface area contributed by atoms with Gasteiger partial charge < -0.3 is 11.1 Å². The van der Waals surface area contributed by atoms with Gasteiger partial charge in [-0.15, -0.1) is 0 Å². The van der Waals surface area contributed by atoms with E-state index in [0.717, 1.165) is 16.9 Å². The van der Waals surface area contributed by atoms with Crippen molar-refractivity contribution in [1.29, 1.82) is 0 Å². The minimum Gasteiger partial charge on any atom is -0.376 e. The lowest BCUT2D eigenvalue weighted by atomic mass is 10.1. The first-order valence-corrected chi connectivity index (χ1v) is 6.21. The van der Waals surface area contributed by atoms with E-state index in [1.165, 1.54) is 0 Å². The number of aryl methyl sites for hydroxylation is 2. The smallest absolute Gasteiger partial charge is 0.0670 e. The SMILES string of the molecule is Cc1nn(C)cc1C(CN)Nc1ccccc1Cl. The maximum Gasteiger partial charge on any atom is 0.0670 e. The van der Waals surface area contributed by atoms with Gasteiger partial charge in [-0.3, -0.25) is 4.68 Å². The lowest BCUT2D eigenvalue weighted by molar-refractivity contribution is 0.754. The van der Waals surface area contributed by atoms with Crippen LogP contribution in [0.1, 0.15) is 17.3 Å². The van der Waals surface area contributed by atoms with Gasteiger partial charge in [0.1, 0.15) is 0 Å². The third kappa shape index (κ3) is 2.66. The van der Waals surface area contributed by atoms with Crippen molar-refractivity contribution in [3.63, 3.8) is 0 Å². The zero-order valence-corrected chi connectivity index (χ0v) is 11.3. The summed E-state index contributed by atoms with van der Waals surface area (Å²) in [4.78, 5) is 0. The second-order valence-corrected chi connectivity index (χ2v) is 4.66. The number of halogens is 1. The molecule has 0 aliphatic rings. The Kier molecular flexibility index (Phi) is 3.89. The van der Waals surface area contributed by atoms with Crippen LogP contribution in [0, 0.1) is 6.92 Å². The molecule has 0 saturated carbocycles. The normalized spacial score (nSPS) is 12.4. The number of anilines is 1. The minimum absolute atomic E-state index is 0.0126. The summed E-state index contributed by atoms with van der Waals surface area (Å²) in [5.41, 5.74) is 8.80. The van der Waals surface area contributed by atoms with Crippen molar-refractivity contribution in [2.45, 2.75) is 13.0 Å². The molecule has 2 aromatic rings. The van der Waals surface area contributed by atoms with Crippen LogP contribution in [0.4, 0.5) is 5.69 Å². The number of hydrogen-bond donors (Lipinski definition) is 2. The van der Waals surface area contributed by atoms with Crippen LogP contribution in [0.25, 0.3) is 0 Å². The second kappa shape index (κ2) is 5.42. The van der Waals surface area contributed by atoms with Crippen molar-refractivity contribution >= 4 is 17.3 Å². The molecular formula is C13H17ClN4. The van der Waals surface area contributed by atoms with Crippen molar-refractivity contribution in [2.24, 2.45) is 12.8 Å². The Morgan fingerprint density at radius 1 is 1.44 bits per heavy atom. The highest BCUT2D eigenvalue weighted by Crippen LogP contribution is 2.26. The Morgan fingerprint density at radius 2 is 2.17 bits per heavy atom. The van der Waals surface area contributed by atoms with E-state index in [-0.39, 0.29) is 6.04 Å². The number of aromatic nitrogens is 2. The Morgan fingerprint density at radius 3 is 2.72 bits per heavy atom. The summed E-state index contributed by atoms with van der Waals surface area (Å²) in [5, 5.41) is 8.38. The molecule has 0 fully saturated rings. The van der Waals surface area contributed by atoms with Crippen LogP contribution < -0.4 is 11.1 Å². The van der Waals surface area contributed by atoms with Crippen molar-refractivity contribution in [3.05, 3.63) is 46.7 Å². The number of para-hydroxylation sites is 1. The zero-order valence-electron chi connectivity index (χ0n) is 10.5. The molecule has 0 aliphatic carbocycles. The van der Waals surface area contributed by atoms with Gasteiger partial charge in [0.25, 0.3) is 0 Å². The van der Waals surface area contributed by atoms with Gasteiger partial charge in [0.15, 0.2) is 0 Å². The summed E-state index contributed by atoms with van der Waals surface area (Å²) < 4.78 is 1.79. The molecule has 0 radical (unpaired) electrons. The van der Waals surface area contributed by atoms with Crippen LogP contribution in [-0.4, -0.2) is 16.3 Å². The lowest BCUT2D eigenvalue weighted by Gasteiger charge is -2.18. The van der Waals surface area contributed by atoms with Crippen LogP contribution in [0.2, 0.25) is 5.02 Å². The van der Waals surface area contributed by atoms with Crippen LogP contribution in [0.3, 0.4) is 0 Å². The summed E-state index contributed by atoms with van der Waals surface area (Å²) in [6.07, 6.45) is 1.98. The van der Waals surface area contributed by atoms with E-state index >= 15 is 0 Å². The largest absolute Gasteiger partial charge is 0.376 e. The molecule has 1 aromatic heterocycles. The van der Waals surface area contributed by atoms with Gasteiger partial charge in [-0.25, -0.2) is 0 Å². The van der Waals surface area contributed by atoms with Crippen molar-refractivity contribution in [1.82, 2.24) is 9.78 Å². The first-order valence-electron chi connectivity index (χ1n) is 5.83. The fraction of sp³-hybridized carbons (Fsp3) is 0.308.